The van der Waals surface area contributed by atoms with E-state index in [9.17, 15) is 38.4 Å². The highest BCUT2D eigenvalue weighted by molar-refractivity contribution is 6.01. The van der Waals surface area contributed by atoms with Gasteiger partial charge in [0, 0.05) is 25.1 Å². The van der Waals surface area contributed by atoms with Gasteiger partial charge in [-0.2, -0.15) is 0 Å². The molecule has 0 bridgehead atoms. The summed E-state index contributed by atoms with van der Waals surface area (Å²) < 4.78 is 42.9. The van der Waals surface area contributed by atoms with Crippen molar-refractivity contribution in [1.82, 2.24) is 10.2 Å². The van der Waals surface area contributed by atoms with Gasteiger partial charge < -0.3 is 36.0 Å². The lowest BCUT2D eigenvalue weighted by Gasteiger charge is -2.47. The SMILES string of the molecule is Cc1ccc(Nc2c(C(=O)N3CC(O)(CNC4CC(CO)C(O)C4O)C3)ccc(F)c2F)c(F)c1. The second kappa shape index (κ2) is 9.75. The highest BCUT2D eigenvalue weighted by Crippen LogP contribution is 2.32. The van der Waals surface area contributed by atoms with Crippen LogP contribution in [0.4, 0.5) is 24.5 Å². The van der Waals surface area contributed by atoms with Crippen LogP contribution in [0.5, 0.6) is 0 Å². The number of benzene rings is 2. The van der Waals surface area contributed by atoms with Crippen LogP contribution in [0.25, 0.3) is 0 Å². The van der Waals surface area contributed by atoms with E-state index in [1.54, 1.807) is 13.0 Å². The van der Waals surface area contributed by atoms with Crippen molar-refractivity contribution in [3.05, 3.63) is 58.9 Å². The molecule has 1 saturated carbocycles. The van der Waals surface area contributed by atoms with Gasteiger partial charge in [0.2, 0.25) is 0 Å². The Balaban J connectivity index is 1.44. The molecule has 4 rings (SSSR count). The van der Waals surface area contributed by atoms with Crippen LogP contribution in [0.1, 0.15) is 22.3 Å². The predicted octanol–water partition coefficient (Wildman–Crippen LogP) is 1.04. The minimum Gasteiger partial charge on any atom is -0.396 e. The monoisotopic (exact) mass is 495 g/mol. The van der Waals surface area contributed by atoms with Gasteiger partial charge in [-0.05, 0) is 43.2 Å². The maximum absolute atomic E-state index is 14.6. The molecular formula is C24H28F3N3O5. The minimum absolute atomic E-state index is 0.000832. The summed E-state index contributed by atoms with van der Waals surface area (Å²) in [6.45, 7) is 1.15. The predicted molar refractivity (Wildman–Crippen MR) is 121 cm³/mol. The topological polar surface area (TPSA) is 125 Å². The van der Waals surface area contributed by atoms with E-state index in [1.807, 2.05) is 0 Å². The van der Waals surface area contributed by atoms with Crippen molar-refractivity contribution in [2.24, 2.45) is 5.92 Å². The summed E-state index contributed by atoms with van der Waals surface area (Å²) in [5.74, 6) is -4.39. The first kappa shape index (κ1) is 25.4. The summed E-state index contributed by atoms with van der Waals surface area (Å²) in [6, 6.07) is 5.50. The summed E-state index contributed by atoms with van der Waals surface area (Å²) in [6.07, 6.45) is -1.87. The molecular weight excluding hydrogens is 467 g/mol. The van der Waals surface area contributed by atoms with Crippen LogP contribution in [0.3, 0.4) is 0 Å². The molecule has 4 unspecified atom stereocenters. The molecule has 1 heterocycles. The van der Waals surface area contributed by atoms with Gasteiger partial charge in [-0.25, -0.2) is 13.2 Å². The number of carbonyl (C=O) groups is 1. The van der Waals surface area contributed by atoms with E-state index >= 15 is 0 Å². The number of likely N-dealkylation sites (tertiary alicyclic amines) is 1. The van der Waals surface area contributed by atoms with Crippen LogP contribution in [-0.4, -0.2) is 81.3 Å². The van der Waals surface area contributed by atoms with Crippen molar-refractivity contribution in [2.45, 2.75) is 37.2 Å². The van der Waals surface area contributed by atoms with Gasteiger partial charge >= 0.3 is 0 Å². The molecule has 11 heteroatoms. The molecule has 1 amide bonds. The van der Waals surface area contributed by atoms with Gasteiger partial charge in [-0.3, -0.25) is 4.79 Å². The molecule has 8 nitrogen and oxygen atoms in total. The van der Waals surface area contributed by atoms with Crippen LogP contribution < -0.4 is 10.6 Å². The molecule has 2 fully saturated rings. The fourth-order valence-electron chi connectivity index (χ4n) is 4.63. The highest BCUT2D eigenvalue weighted by Gasteiger charge is 2.47. The Bertz CT molecular complexity index is 1110. The molecule has 0 radical (unpaired) electrons. The maximum atomic E-state index is 14.6. The minimum atomic E-state index is -1.34. The van der Waals surface area contributed by atoms with Crippen LogP contribution in [0.2, 0.25) is 0 Å². The largest absolute Gasteiger partial charge is 0.396 e. The van der Waals surface area contributed by atoms with E-state index in [0.717, 1.165) is 12.1 Å². The van der Waals surface area contributed by atoms with E-state index in [0.29, 0.717) is 12.0 Å². The summed E-state index contributed by atoms with van der Waals surface area (Å²) >= 11 is 0. The number of carbonyl (C=O) groups excluding carboxylic acids is 1. The smallest absolute Gasteiger partial charge is 0.256 e. The van der Waals surface area contributed by atoms with Crippen LogP contribution in [-0.2, 0) is 0 Å². The number of nitrogens with zero attached hydrogens (tertiary/aromatic N) is 1. The molecule has 2 aromatic rings. The van der Waals surface area contributed by atoms with Gasteiger partial charge in [0.25, 0.3) is 5.91 Å². The number of hydrogen-bond acceptors (Lipinski definition) is 7. The normalized spacial score (nSPS) is 25.4. The van der Waals surface area contributed by atoms with Crippen LogP contribution in [0.15, 0.2) is 30.3 Å². The van der Waals surface area contributed by atoms with Crippen molar-refractivity contribution in [1.29, 1.82) is 0 Å². The number of hydrogen-bond donors (Lipinski definition) is 6. The fraction of sp³-hybridized carbons (Fsp3) is 0.458. The Morgan fingerprint density at radius 1 is 1.11 bits per heavy atom. The maximum Gasteiger partial charge on any atom is 0.256 e. The molecule has 190 valence electrons. The van der Waals surface area contributed by atoms with E-state index < -0.39 is 58.8 Å². The third-order valence-electron chi connectivity index (χ3n) is 6.70. The molecule has 1 aliphatic carbocycles. The van der Waals surface area contributed by atoms with Gasteiger partial charge in [-0.15, -0.1) is 0 Å². The molecule has 0 spiro atoms. The summed E-state index contributed by atoms with van der Waals surface area (Å²) in [7, 11) is 0. The van der Waals surface area contributed by atoms with E-state index in [4.69, 9.17) is 0 Å². The zero-order valence-electron chi connectivity index (χ0n) is 19.0. The number of nitrogens with one attached hydrogen (secondary N) is 2. The number of aryl methyl sites for hydroxylation is 1. The van der Waals surface area contributed by atoms with Crippen LogP contribution >= 0.6 is 0 Å². The standard InChI is InChI=1S/C24H28F3N3O5/c1-12-2-5-17(16(26)6-12)29-20-14(3-4-15(25)19(20)27)23(34)30-10-24(35,11-30)9-28-18-7-13(8-31)21(32)22(18)33/h2-6,13,18,21-22,28-29,31-33,35H,7-11H2,1H3. The molecule has 35 heavy (non-hydrogen) atoms. The molecule has 6 N–H and O–H groups in total. The highest BCUT2D eigenvalue weighted by atomic mass is 19.2. The van der Waals surface area contributed by atoms with Crippen LogP contribution in [0, 0.1) is 30.3 Å². The number of β-amino-alcohol motifs (C(OH)–C–C–N with tert-alkyl or cyclic N) is 1. The fourth-order valence-corrected chi connectivity index (χ4v) is 4.63. The quantitative estimate of drug-likeness (QED) is 0.339. The first-order chi connectivity index (χ1) is 16.5. The second-order valence-corrected chi connectivity index (χ2v) is 9.42. The van der Waals surface area contributed by atoms with Gasteiger partial charge in [0.1, 0.15) is 11.4 Å². The van der Waals surface area contributed by atoms with E-state index in [2.05, 4.69) is 10.6 Å². The molecule has 4 atom stereocenters. The average Bonchev–Trinajstić information content (AvgIpc) is 3.08. The van der Waals surface area contributed by atoms with Crippen molar-refractivity contribution in [3.8, 4) is 0 Å². The molecule has 1 aliphatic heterocycles. The van der Waals surface area contributed by atoms with Gasteiger partial charge in [-0.1, -0.05) is 6.07 Å². The molecule has 0 aromatic heterocycles. The lowest BCUT2D eigenvalue weighted by molar-refractivity contribution is -0.0821. The Labute approximate surface area is 200 Å². The van der Waals surface area contributed by atoms with E-state index in [1.165, 1.54) is 17.0 Å². The molecule has 2 aliphatic rings. The Hall–Kier alpha value is -2.70. The Kier molecular flexibility index (Phi) is 7.07. The lowest BCUT2D eigenvalue weighted by atomic mass is 9.92. The third kappa shape index (κ3) is 5.00. The first-order valence-corrected chi connectivity index (χ1v) is 11.3. The van der Waals surface area contributed by atoms with Crippen molar-refractivity contribution in [2.75, 3.05) is 31.6 Å². The Morgan fingerprint density at radius 3 is 2.46 bits per heavy atom. The van der Waals surface area contributed by atoms with Gasteiger partial charge in [0.15, 0.2) is 11.6 Å². The van der Waals surface area contributed by atoms with E-state index in [-0.39, 0.29) is 37.5 Å². The average molecular weight is 495 g/mol. The number of aliphatic hydroxyl groups excluding tert-OH is 3. The van der Waals surface area contributed by atoms with Crippen molar-refractivity contribution >= 4 is 17.3 Å². The number of rotatable bonds is 7. The van der Waals surface area contributed by atoms with Crippen molar-refractivity contribution < 1.29 is 38.4 Å². The molecule has 1 saturated heterocycles. The lowest BCUT2D eigenvalue weighted by Crippen LogP contribution is -2.68. The first-order valence-electron chi connectivity index (χ1n) is 11.3. The number of amides is 1. The zero-order valence-corrected chi connectivity index (χ0v) is 19.0. The number of halogens is 3. The summed E-state index contributed by atoms with van der Waals surface area (Å²) in [5.41, 5.74) is -1.57. The van der Waals surface area contributed by atoms with Gasteiger partial charge in [0.05, 0.1) is 42.2 Å². The number of anilines is 2. The third-order valence-corrected chi connectivity index (χ3v) is 6.70. The Morgan fingerprint density at radius 2 is 1.83 bits per heavy atom. The molecule has 2 aromatic carbocycles. The summed E-state index contributed by atoms with van der Waals surface area (Å²) in [5, 5.41) is 45.5. The summed E-state index contributed by atoms with van der Waals surface area (Å²) in [4.78, 5) is 14.3. The van der Waals surface area contributed by atoms with Crippen molar-refractivity contribution in [3.63, 3.8) is 0 Å². The zero-order chi connectivity index (χ0) is 25.5. The number of aliphatic hydroxyl groups is 4. The second-order valence-electron chi connectivity index (χ2n) is 9.42.